The van der Waals surface area contributed by atoms with Crippen LogP contribution in [-0.2, 0) is 11.2 Å². The van der Waals surface area contributed by atoms with Crippen LogP contribution in [0.1, 0.15) is 18.1 Å². The van der Waals surface area contributed by atoms with Gasteiger partial charge in [0.05, 0.1) is 18.5 Å². The van der Waals surface area contributed by atoms with Gasteiger partial charge in [0.15, 0.2) is 0 Å². The number of benzene rings is 2. The molecule has 3 rings (SSSR count). The Morgan fingerprint density at radius 1 is 1.15 bits per heavy atom. The number of hydrogen-bond donors (Lipinski definition) is 1. The highest BCUT2D eigenvalue weighted by molar-refractivity contribution is 5.91. The molecule has 1 N–H and O–H groups in total. The maximum atomic E-state index is 12.0. The molecule has 0 saturated heterocycles. The Balaban J connectivity index is 1.45. The fourth-order valence-corrected chi connectivity index (χ4v) is 2.61. The molecule has 0 aliphatic rings. The van der Waals surface area contributed by atoms with Crippen LogP contribution in [0.5, 0.6) is 5.75 Å². The summed E-state index contributed by atoms with van der Waals surface area (Å²) in [6.07, 6.45) is 7.88. The molecule has 0 bridgehead atoms. The summed E-state index contributed by atoms with van der Waals surface area (Å²) in [6, 6.07) is 17.6. The predicted octanol–water partition coefficient (Wildman–Crippen LogP) is 3.64. The number of rotatable bonds is 8. The minimum absolute atomic E-state index is 0.112. The molecule has 0 spiro atoms. The summed E-state index contributed by atoms with van der Waals surface area (Å²) < 4.78 is 7.24. The molecule has 3 aromatic rings. The first kappa shape index (κ1) is 18.5. The monoisotopic (exact) mass is 361 g/mol. The van der Waals surface area contributed by atoms with E-state index in [1.54, 1.807) is 12.2 Å². The zero-order valence-corrected chi connectivity index (χ0v) is 15.3. The molecule has 5 heteroatoms. The summed E-state index contributed by atoms with van der Waals surface area (Å²) in [7, 11) is 0. The van der Waals surface area contributed by atoms with Crippen LogP contribution in [0.15, 0.2) is 73.1 Å². The first-order valence-electron chi connectivity index (χ1n) is 9.02. The lowest BCUT2D eigenvalue weighted by atomic mass is 10.2. The van der Waals surface area contributed by atoms with Gasteiger partial charge in [-0.2, -0.15) is 5.10 Å². The van der Waals surface area contributed by atoms with Crippen molar-refractivity contribution in [1.82, 2.24) is 15.1 Å². The lowest BCUT2D eigenvalue weighted by molar-refractivity contribution is -0.116. The van der Waals surface area contributed by atoms with Gasteiger partial charge >= 0.3 is 0 Å². The lowest BCUT2D eigenvalue weighted by Crippen LogP contribution is -2.23. The van der Waals surface area contributed by atoms with Gasteiger partial charge in [0.2, 0.25) is 5.91 Å². The van der Waals surface area contributed by atoms with E-state index in [-0.39, 0.29) is 5.91 Å². The Morgan fingerprint density at radius 3 is 2.67 bits per heavy atom. The molecular weight excluding hydrogens is 338 g/mol. The Hall–Kier alpha value is -3.34. The molecule has 0 atom stereocenters. The number of amides is 1. The Kier molecular flexibility index (Phi) is 6.41. The third kappa shape index (κ3) is 5.57. The van der Waals surface area contributed by atoms with E-state index in [9.17, 15) is 4.79 Å². The molecular formula is C22H23N3O2. The fraction of sp³-hybridized carbons (Fsp3) is 0.182. The second-order valence-corrected chi connectivity index (χ2v) is 6.01. The quantitative estimate of drug-likeness (QED) is 0.623. The molecule has 5 nitrogen and oxygen atoms in total. The SMILES string of the molecule is CCOc1ccc(/C=C/C(=O)NCCc2cnn(-c3ccccc3)c2)cc1. The largest absolute Gasteiger partial charge is 0.494 e. The number of nitrogens with one attached hydrogen (secondary N) is 1. The smallest absolute Gasteiger partial charge is 0.244 e. The highest BCUT2D eigenvalue weighted by atomic mass is 16.5. The van der Waals surface area contributed by atoms with Gasteiger partial charge in [-0.05, 0) is 54.8 Å². The van der Waals surface area contributed by atoms with E-state index in [1.165, 1.54) is 0 Å². The molecule has 0 fully saturated rings. The van der Waals surface area contributed by atoms with Crippen LogP contribution < -0.4 is 10.1 Å². The van der Waals surface area contributed by atoms with Crippen molar-refractivity contribution in [2.45, 2.75) is 13.3 Å². The lowest BCUT2D eigenvalue weighted by Gasteiger charge is -2.03. The van der Waals surface area contributed by atoms with E-state index >= 15 is 0 Å². The van der Waals surface area contributed by atoms with Crippen molar-refractivity contribution in [1.29, 1.82) is 0 Å². The van der Waals surface area contributed by atoms with Crippen molar-refractivity contribution in [2.24, 2.45) is 0 Å². The van der Waals surface area contributed by atoms with Crippen molar-refractivity contribution in [3.05, 3.63) is 84.2 Å². The van der Waals surface area contributed by atoms with Gasteiger partial charge in [-0.15, -0.1) is 0 Å². The van der Waals surface area contributed by atoms with Gasteiger partial charge in [-0.3, -0.25) is 4.79 Å². The van der Waals surface area contributed by atoms with Gasteiger partial charge in [-0.1, -0.05) is 30.3 Å². The zero-order chi connectivity index (χ0) is 18.9. The van der Waals surface area contributed by atoms with Crippen molar-refractivity contribution in [3.63, 3.8) is 0 Å². The molecule has 0 saturated carbocycles. The molecule has 1 aromatic heterocycles. The van der Waals surface area contributed by atoms with E-state index in [1.807, 2.05) is 78.6 Å². The summed E-state index contributed by atoms with van der Waals surface area (Å²) in [5.41, 5.74) is 3.05. The zero-order valence-electron chi connectivity index (χ0n) is 15.3. The van der Waals surface area contributed by atoms with Crippen LogP contribution in [0, 0.1) is 0 Å². The molecule has 1 heterocycles. The molecule has 27 heavy (non-hydrogen) atoms. The summed E-state index contributed by atoms with van der Waals surface area (Å²) in [6.45, 7) is 3.15. The van der Waals surface area contributed by atoms with Crippen molar-refractivity contribution in [3.8, 4) is 11.4 Å². The van der Waals surface area contributed by atoms with Crippen LogP contribution in [0.3, 0.4) is 0 Å². The summed E-state index contributed by atoms with van der Waals surface area (Å²) in [5.74, 6) is 0.717. The van der Waals surface area contributed by atoms with E-state index in [0.29, 0.717) is 13.2 Å². The van der Waals surface area contributed by atoms with E-state index in [0.717, 1.165) is 29.0 Å². The van der Waals surface area contributed by atoms with Gasteiger partial charge < -0.3 is 10.1 Å². The van der Waals surface area contributed by atoms with Crippen LogP contribution in [0.25, 0.3) is 11.8 Å². The van der Waals surface area contributed by atoms with Gasteiger partial charge in [0.1, 0.15) is 5.75 Å². The average molecular weight is 361 g/mol. The first-order valence-corrected chi connectivity index (χ1v) is 9.02. The number of para-hydroxylation sites is 1. The Labute approximate surface area is 159 Å². The first-order chi connectivity index (χ1) is 13.2. The molecule has 138 valence electrons. The van der Waals surface area contributed by atoms with Crippen LogP contribution in [0.2, 0.25) is 0 Å². The van der Waals surface area contributed by atoms with Gasteiger partial charge in [0.25, 0.3) is 0 Å². The van der Waals surface area contributed by atoms with E-state index in [2.05, 4.69) is 10.4 Å². The van der Waals surface area contributed by atoms with E-state index < -0.39 is 0 Å². The fourth-order valence-electron chi connectivity index (χ4n) is 2.61. The third-order valence-electron chi connectivity index (χ3n) is 3.99. The Morgan fingerprint density at radius 2 is 1.93 bits per heavy atom. The second-order valence-electron chi connectivity index (χ2n) is 6.01. The molecule has 0 aliphatic heterocycles. The molecule has 0 radical (unpaired) electrons. The minimum Gasteiger partial charge on any atom is -0.494 e. The number of ether oxygens (including phenoxy) is 1. The summed E-state index contributed by atoms with van der Waals surface area (Å²) in [4.78, 5) is 12.0. The molecule has 0 unspecified atom stereocenters. The average Bonchev–Trinajstić information content (AvgIpc) is 3.17. The number of aromatic nitrogens is 2. The van der Waals surface area contributed by atoms with E-state index in [4.69, 9.17) is 4.74 Å². The summed E-state index contributed by atoms with van der Waals surface area (Å²) >= 11 is 0. The predicted molar refractivity (Wildman–Crippen MR) is 107 cm³/mol. The Bertz CT molecular complexity index is 883. The molecule has 0 aliphatic carbocycles. The van der Waals surface area contributed by atoms with Crippen LogP contribution in [-0.4, -0.2) is 28.8 Å². The number of nitrogens with zero attached hydrogens (tertiary/aromatic N) is 2. The van der Waals surface area contributed by atoms with Crippen molar-refractivity contribution < 1.29 is 9.53 Å². The van der Waals surface area contributed by atoms with Gasteiger partial charge in [0, 0.05) is 18.8 Å². The maximum Gasteiger partial charge on any atom is 0.244 e. The van der Waals surface area contributed by atoms with Crippen LogP contribution >= 0.6 is 0 Å². The highest BCUT2D eigenvalue weighted by Crippen LogP contribution is 2.13. The number of hydrogen-bond acceptors (Lipinski definition) is 3. The minimum atomic E-state index is -0.112. The van der Waals surface area contributed by atoms with Crippen LogP contribution in [0.4, 0.5) is 0 Å². The third-order valence-corrected chi connectivity index (χ3v) is 3.99. The highest BCUT2D eigenvalue weighted by Gasteiger charge is 2.02. The van der Waals surface area contributed by atoms with Crippen molar-refractivity contribution in [2.75, 3.05) is 13.2 Å². The normalized spacial score (nSPS) is 10.9. The van der Waals surface area contributed by atoms with Crippen molar-refractivity contribution >= 4 is 12.0 Å². The van der Waals surface area contributed by atoms with Gasteiger partial charge in [-0.25, -0.2) is 4.68 Å². The maximum absolute atomic E-state index is 12.0. The standard InChI is InChI=1S/C22H23N3O2/c1-2-27-21-11-8-18(9-12-21)10-13-22(26)23-15-14-19-16-24-25(17-19)20-6-4-3-5-7-20/h3-13,16-17H,2,14-15H2,1H3,(H,23,26)/b13-10+. The number of carbonyl (C=O) groups is 1. The second kappa shape index (κ2) is 9.38. The summed E-state index contributed by atoms with van der Waals surface area (Å²) in [5, 5.41) is 7.25. The number of carbonyl (C=O) groups excluding carboxylic acids is 1. The topological polar surface area (TPSA) is 56.1 Å². The molecule has 1 amide bonds. The molecule has 2 aromatic carbocycles.